The van der Waals surface area contributed by atoms with E-state index >= 15 is 0 Å². The zero-order chi connectivity index (χ0) is 39.0. The van der Waals surface area contributed by atoms with Crippen molar-refractivity contribution >= 4 is 44.9 Å². The third-order valence-electron chi connectivity index (χ3n) is 8.51. The predicted octanol–water partition coefficient (Wildman–Crippen LogP) is 5.58. The van der Waals surface area contributed by atoms with Crippen LogP contribution >= 0.6 is 11.8 Å². The summed E-state index contributed by atoms with van der Waals surface area (Å²) >= 11 is 1.57. The number of nitrogens with one attached hydrogen (secondary N) is 2. The molecule has 6 rings (SSSR count). The second-order valence-electron chi connectivity index (χ2n) is 13.0. The molecular formula is C38H40N8O7S2. The quantitative estimate of drug-likeness (QED) is 0.0515. The van der Waals surface area contributed by atoms with E-state index in [9.17, 15) is 28.4 Å². The number of benzene rings is 3. The summed E-state index contributed by atoms with van der Waals surface area (Å²) in [7, 11) is -4.48. The number of amides is 1. The highest BCUT2D eigenvalue weighted by atomic mass is 32.2. The molecule has 286 valence electrons. The summed E-state index contributed by atoms with van der Waals surface area (Å²) in [5.41, 5.74) is 2.22. The van der Waals surface area contributed by atoms with Crippen molar-refractivity contribution in [3.63, 3.8) is 0 Å². The Morgan fingerprint density at radius 2 is 1.75 bits per heavy atom. The Morgan fingerprint density at radius 3 is 2.44 bits per heavy atom. The molecule has 2 aromatic heterocycles. The van der Waals surface area contributed by atoms with Crippen molar-refractivity contribution in [2.24, 2.45) is 0 Å². The third-order valence-corrected chi connectivity index (χ3v) is 10.9. The number of pyridine rings is 1. The molecule has 15 nitrogen and oxygen atoms in total. The van der Waals surface area contributed by atoms with Crippen molar-refractivity contribution in [3.8, 4) is 22.6 Å². The van der Waals surface area contributed by atoms with Crippen molar-refractivity contribution in [2.75, 3.05) is 48.7 Å². The third kappa shape index (κ3) is 10.5. The highest BCUT2D eigenvalue weighted by Gasteiger charge is 2.25. The molecule has 0 unspecified atom stereocenters. The first-order chi connectivity index (χ1) is 26.4. The molecule has 1 saturated heterocycles. The van der Waals surface area contributed by atoms with Crippen LogP contribution in [-0.2, 0) is 16.6 Å². The highest BCUT2D eigenvalue weighted by Crippen LogP contribution is 2.30. The number of hydrogen-bond acceptors (Lipinski definition) is 14. The maximum Gasteiger partial charge on any atom is 0.293 e. The van der Waals surface area contributed by atoms with E-state index in [1.54, 1.807) is 30.1 Å². The number of aromatic hydroxyl groups is 1. The molecule has 5 aromatic rings. The minimum absolute atomic E-state index is 0.0127. The van der Waals surface area contributed by atoms with Crippen LogP contribution in [0.1, 0.15) is 29.9 Å². The number of anilines is 2. The molecule has 1 aliphatic heterocycles. The Hall–Kier alpha value is -5.78. The Morgan fingerprint density at radius 1 is 0.964 bits per heavy atom. The molecule has 3 heterocycles. The van der Waals surface area contributed by atoms with Crippen LogP contribution < -0.4 is 19.7 Å². The zero-order valence-corrected chi connectivity index (χ0v) is 31.8. The molecule has 0 radical (unpaired) electrons. The normalized spacial score (nSPS) is 13.4. The molecule has 0 atom stereocenters. The van der Waals surface area contributed by atoms with Crippen molar-refractivity contribution in [1.29, 1.82) is 0 Å². The minimum Gasteiger partial charge on any atom is -0.506 e. The molecule has 3 N–H and O–H groups in total. The van der Waals surface area contributed by atoms with E-state index < -0.39 is 31.4 Å². The van der Waals surface area contributed by atoms with Crippen molar-refractivity contribution in [1.82, 2.24) is 24.8 Å². The van der Waals surface area contributed by atoms with Crippen LogP contribution in [0.2, 0.25) is 0 Å². The number of rotatable bonds is 15. The molecule has 1 amide bonds. The van der Waals surface area contributed by atoms with Gasteiger partial charge in [0.25, 0.3) is 21.6 Å². The van der Waals surface area contributed by atoms with Gasteiger partial charge in [-0.2, -0.15) is 0 Å². The van der Waals surface area contributed by atoms with Gasteiger partial charge in [-0.05, 0) is 85.6 Å². The van der Waals surface area contributed by atoms with Gasteiger partial charge in [-0.15, -0.1) is 22.0 Å². The lowest BCUT2D eigenvalue weighted by Gasteiger charge is -2.35. The smallest absolute Gasteiger partial charge is 0.293 e. The number of nitro groups is 1. The summed E-state index contributed by atoms with van der Waals surface area (Å²) < 4.78 is 34.2. The van der Waals surface area contributed by atoms with Gasteiger partial charge in [0.05, 0.1) is 22.1 Å². The first kappa shape index (κ1) is 38.9. The lowest BCUT2D eigenvalue weighted by molar-refractivity contribution is -0.384. The molecule has 55 heavy (non-hydrogen) atoms. The summed E-state index contributed by atoms with van der Waals surface area (Å²) in [6.45, 7) is 7.70. The summed E-state index contributed by atoms with van der Waals surface area (Å²) in [5, 5.41) is 32.9. The molecule has 0 saturated carbocycles. The average molecular weight is 785 g/mol. The van der Waals surface area contributed by atoms with Gasteiger partial charge in [-0.1, -0.05) is 18.2 Å². The van der Waals surface area contributed by atoms with Crippen LogP contribution in [0.15, 0.2) is 107 Å². The van der Waals surface area contributed by atoms with Gasteiger partial charge in [-0.25, -0.2) is 13.1 Å². The van der Waals surface area contributed by atoms with Crippen LogP contribution in [0.4, 0.5) is 17.2 Å². The van der Waals surface area contributed by atoms with Gasteiger partial charge in [0.15, 0.2) is 11.5 Å². The number of aromatic nitrogens is 3. The van der Waals surface area contributed by atoms with Gasteiger partial charge in [0.1, 0.15) is 17.2 Å². The van der Waals surface area contributed by atoms with Crippen molar-refractivity contribution in [2.45, 2.75) is 36.3 Å². The number of carbonyl (C=O) groups is 1. The Bertz CT molecular complexity index is 2240. The van der Waals surface area contributed by atoms with E-state index in [4.69, 9.17) is 4.74 Å². The Balaban J connectivity index is 1.03. The number of nitro benzene ring substituents is 1. The van der Waals surface area contributed by atoms with Crippen molar-refractivity contribution in [3.05, 3.63) is 119 Å². The molecule has 0 bridgehead atoms. The second kappa shape index (κ2) is 17.6. The molecule has 0 aliphatic carbocycles. The first-order valence-electron chi connectivity index (χ1n) is 17.5. The van der Waals surface area contributed by atoms with E-state index in [-0.39, 0.29) is 23.2 Å². The first-order valence-corrected chi connectivity index (χ1v) is 19.9. The van der Waals surface area contributed by atoms with Gasteiger partial charge in [0, 0.05) is 67.7 Å². The van der Waals surface area contributed by atoms with Gasteiger partial charge < -0.3 is 20.1 Å². The number of thioether (sulfide) groups is 1. The van der Waals surface area contributed by atoms with Crippen LogP contribution in [0.5, 0.6) is 11.5 Å². The SMILES string of the molecule is CC(C)Oc1cc(CN2CCN(c3ccc(C(=O)NS(=O)(=O)c4ccc(NCCSc5ccccc5)c([N+](=O)[O-])c4)nn3)CC2)cc(-c2cncc(O)c2)c1. The lowest BCUT2D eigenvalue weighted by atomic mass is 10.0. The van der Waals surface area contributed by atoms with Crippen LogP contribution in [0.25, 0.3) is 11.1 Å². The van der Waals surface area contributed by atoms with E-state index in [2.05, 4.69) is 31.5 Å². The number of nitrogens with zero attached hydrogens (tertiary/aromatic N) is 6. The second-order valence-corrected chi connectivity index (χ2v) is 15.8. The number of carbonyl (C=O) groups excluding carboxylic acids is 1. The number of piperazine rings is 1. The maximum absolute atomic E-state index is 13.1. The zero-order valence-electron chi connectivity index (χ0n) is 30.2. The van der Waals surface area contributed by atoms with E-state index in [1.807, 2.05) is 65.9 Å². The summed E-state index contributed by atoms with van der Waals surface area (Å²) in [6, 6.07) is 23.8. The fourth-order valence-electron chi connectivity index (χ4n) is 5.94. The van der Waals surface area contributed by atoms with Crippen LogP contribution in [-0.4, -0.2) is 89.0 Å². The molecule has 1 fully saturated rings. The van der Waals surface area contributed by atoms with Crippen molar-refractivity contribution < 1.29 is 28.0 Å². The molecular weight excluding hydrogens is 745 g/mol. The summed E-state index contributed by atoms with van der Waals surface area (Å²) in [6.07, 6.45) is 3.08. The Kier molecular flexibility index (Phi) is 12.4. The van der Waals surface area contributed by atoms with E-state index in [1.165, 1.54) is 24.4 Å². The van der Waals surface area contributed by atoms with Gasteiger partial charge in [0.2, 0.25) is 0 Å². The lowest BCUT2D eigenvalue weighted by Crippen LogP contribution is -2.46. The predicted molar refractivity (Wildman–Crippen MR) is 210 cm³/mol. The topological polar surface area (TPSA) is 193 Å². The molecule has 17 heteroatoms. The molecule has 1 aliphatic rings. The highest BCUT2D eigenvalue weighted by molar-refractivity contribution is 7.99. The van der Waals surface area contributed by atoms with E-state index in [0.717, 1.165) is 33.4 Å². The standard InChI is InChI=1S/C38H40N8O7S2/c1-26(2)53-31-19-27(18-28(21-31)29-20-30(47)24-39-23-29)25-44-13-15-45(16-14-44)37-11-10-35(41-42-37)38(48)43-55(51,52)33-8-9-34(36(22-33)46(49)50)40-12-17-54-32-6-4-3-5-7-32/h3-11,18-24,26,40,47H,12-17,25H2,1-2H3,(H,43,48). The maximum atomic E-state index is 13.1. The number of hydrogen-bond donors (Lipinski definition) is 3. The number of sulfonamides is 1. The number of ether oxygens (including phenoxy) is 1. The largest absolute Gasteiger partial charge is 0.506 e. The van der Waals surface area contributed by atoms with Crippen LogP contribution in [0, 0.1) is 10.1 Å². The molecule has 0 spiro atoms. The Labute approximate surface area is 323 Å². The molecule has 3 aromatic carbocycles. The fraction of sp³-hybridized carbons (Fsp3) is 0.263. The van der Waals surface area contributed by atoms with E-state index in [0.29, 0.717) is 50.8 Å². The summed E-state index contributed by atoms with van der Waals surface area (Å²) in [5.74, 6) is 0.954. The van der Waals surface area contributed by atoms with Crippen LogP contribution in [0.3, 0.4) is 0 Å². The summed E-state index contributed by atoms with van der Waals surface area (Å²) in [4.78, 5) is 33.1. The average Bonchev–Trinajstić information content (AvgIpc) is 3.17. The van der Waals surface area contributed by atoms with Gasteiger partial charge >= 0.3 is 0 Å². The minimum atomic E-state index is -4.48. The monoisotopic (exact) mass is 784 g/mol. The van der Waals surface area contributed by atoms with Gasteiger partial charge in [-0.3, -0.25) is 24.8 Å². The fourth-order valence-corrected chi connectivity index (χ4v) is 7.71.